The number of carboxylic acids is 1. The lowest BCUT2D eigenvalue weighted by Gasteiger charge is -2.40. The summed E-state index contributed by atoms with van der Waals surface area (Å²) in [4.78, 5) is 39.1. The normalized spacial score (nSPS) is 20.0. The van der Waals surface area contributed by atoms with Gasteiger partial charge in [-0.25, -0.2) is 4.79 Å². The number of fused-ring (bicyclic) bond motifs is 3. The molecular formula is C28H34N2O5. The van der Waals surface area contributed by atoms with Crippen molar-refractivity contribution in [2.24, 2.45) is 11.3 Å². The summed E-state index contributed by atoms with van der Waals surface area (Å²) >= 11 is 0. The smallest absolute Gasteiger partial charge is 0.407 e. The molecule has 0 aromatic heterocycles. The van der Waals surface area contributed by atoms with Crippen LogP contribution in [0.4, 0.5) is 4.79 Å². The van der Waals surface area contributed by atoms with Gasteiger partial charge >= 0.3 is 12.1 Å². The van der Waals surface area contributed by atoms with Crippen molar-refractivity contribution in [1.82, 2.24) is 10.2 Å². The predicted octanol–water partition coefficient (Wildman–Crippen LogP) is 4.65. The first-order chi connectivity index (χ1) is 16.9. The molecule has 1 aliphatic carbocycles. The minimum Gasteiger partial charge on any atom is -0.481 e. The highest BCUT2D eigenvalue weighted by Gasteiger charge is 2.43. The van der Waals surface area contributed by atoms with E-state index in [1.54, 1.807) is 11.8 Å². The van der Waals surface area contributed by atoms with Gasteiger partial charge in [0.2, 0.25) is 5.91 Å². The molecule has 0 saturated carbocycles. The second-order valence-corrected chi connectivity index (χ2v) is 9.81. The van der Waals surface area contributed by atoms with E-state index in [1.807, 2.05) is 31.2 Å². The molecular weight excluding hydrogens is 444 g/mol. The van der Waals surface area contributed by atoms with Gasteiger partial charge < -0.3 is 20.1 Å². The number of hydrogen-bond donors (Lipinski definition) is 2. The predicted molar refractivity (Wildman–Crippen MR) is 133 cm³/mol. The van der Waals surface area contributed by atoms with Gasteiger partial charge in [0, 0.05) is 25.6 Å². The highest BCUT2D eigenvalue weighted by molar-refractivity contribution is 5.82. The Balaban J connectivity index is 1.31. The number of nitrogens with zero attached hydrogens (tertiary/aromatic N) is 1. The lowest BCUT2D eigenvalue weighted by Crippen LogP contribution is -2.52. The Morgan fingerprint density at radius 3 is 2.34 bits per heavy atom. The topological polar surface area (TPSA) is 95.9 Å². The third-order valence-electron chi connectivity index (χ3n) is 7.39. The van der Waals surface area contributed by atoms with Crippen LogP contribution in [0.3, 0.4) is 0 Å². The zero-order valence-corrected chi connectivity index (χ0v) is 20.5. The van der Waals surface area contributed by atoms with Crippen molar-refractivity contribution in [2.75, 3.05) is 26.2 Å². The van der Waals surface area contributed by atoms with Gasteiger partial charge in [-0.05, 0) is 41.5 Å². The fourth-order valence-corrected chi connectivity index (χ4v) is 5.57. The molecule has 1 fully saturated rings. The summed E-state index contributed by atoms with van der Waals surface area (Å²) in [6.45, 7) is 4.85. The van der Waals surface area contributed by atoms with Crippen LogP contribution in [0.1, 0.15) is 56.6 Å². The molecule has 2 unspecified atom stereocenters. The molecule has 7 heteroatoms. The zero-order valence-electron chi connectivity index (χ0n) is 20.5. The molecule has 2 aromatic carbocycles. The van der Waals surface area contributed by atoms with E-state index in [1.165, 1.54) is 11.1 Å². The van der Waals surface area contributed by atoms with Crippen LogP contribution in [-0.2, 0) is 14.3 Å². The average Bonchev–Trinajstić information content (AvgIpc) is 3.19. The van der Waals surface area contributed by atoms with Crippen molar-refractivity contribution in [2.45, 2.75) is 45.4 Å². The summed E-state index contributed by atoms with van der Waals surface area (Å²) in [6.07, 6.45) is 2.01. The molecule has 2 aromatic rings. The number of carbonyl (C=O) groups is 3. The Morgan fingerprint density at radius 1 is 1.11 bits per heavy atom. The van der Waals surface area contributed by atoms with E-state index in [0.29, 0.717) is 25.8 Å². The average molecular weight is 479 g/mol. The Hall–Kier alpha value is -3.35. The molecule has 2 N–H and O–H groups in total. The molecule has 7 nitrogen and oxygen atoms in total. The van der Waals surface area contributed by atoms with Gasteiger partial charge in [-0.2, -0.15) is 0 Å². The Morgan fingerprint density at radius 2 is 1.74 bits per heavy atom. The maximum absolute atomic E-state index is 13.0. The van der Waals surface area contributed by atoms with Gasteiger partial charge in [0.25, 0.3) is 0 Å². The fraction of sp³-hybridized carbons (Fsp3) is 0.464. The first kappa shape index (κ1) is 24.8. The van der Waals surface area contributed by atoms with Gasteiger partial charge in [0.05, 0.1) is 11.3 Å². The number of likely N-dealkylation sites (tertiary alicyclic amines) is 1. The number of carbonyl (C=O) groups excluding carboxylic acids is 2. The van der Waals surface area contributed by atoms with E-state index in [0.717, 1.165) is 17.5 Å². The highest BCUT2D eigenvalue weighted by Crippen LogP contribution is 2.44. The Labute approximate surface area is 206 Å². The largest absolute Gasteiger partial charge is 0.481 e. The van der Waals surface area contributed by atoms with E-state index >= 15 is 0 Å². The molecule has 4 rings (SSSR count). The van der Waals surface area contributed by atoms with Gasteiger partial charge in [0.15, 0.2) is 0 Å². The van der Waals surface area contributed by atoms with Gasteiger partial charge in [-0.1, -0.05) is 68.8 Å². The maximum atomic E-state index is 13.0. The van der Waals surface area contributed by atoms with Crippen LogP contribution >= 0.6 is 0 Å². The Bertz CT molecular complexity index is 1050. The van der Waals surface area contributed by atoms with Crippen LogP contribution in [0.2, 0.25) is 0 Å². The number of nitrogens with one attached hydrogen (secondary N) is 1. The summed E-state index contributed by atoms with van der Waals surface area (Å²) in [7, 11) is 0. The quantitative estimate of drug-likeness (QED) is 0.576. The fourth-order valence-electron chi connectivity index (χ4n) is 5.57. The number of aliphatic carboxylic acids is 1. The summed E-state index contributed by atoms with van der Waals surface area (Å²) in [5.74, 6) is -1.46. The number of ether oxygens (including phenoxy) is 1. The van der Waals surface area contributed by atoms with Crippen molar-refractivity contribution in [3.63, 3.8) is 0 Å². The second-order valence-electron chi connectivity index (χ2n) is 9.81. The molecule has 2 aliphatic rings. The molecule has 2 amide bonds. The number of piperidine rings is 1. The van der Waals surface area contributed by atoms with Crippen LogP contribution in [0, 0.1) is 11.3 Å². The van der Waals surface area contributed by atoms with Crippen LogP contribution < -0.4 is 5.32 Å². The van der Waals surface area contributed by atoms with Crippen molar-refractivity contribution in [3.8, 4) is 11.1 Å². The minimum absolute atomic E-state index is 0.0248. The first-order valence-electron chi connectivity index (χ1n) is 12.5. The lowest BCUT2D eigenvalue weighted by atomic mass is 9.76. The van der Waals surface area contributed by atoms with Crippen molar-refractivity contribution < 1.29 is 24.2 Å². The van der Waals surface area contributed by atoms with E-state index in [9.17, 15) is 19.5 Å². The minimum atomic E-state index is -0.872. The van der Waals surface area contributed by atoms with E-state index in [4.69, 9.17) is 4.74 Å². The van der Waals surface area contributed by atoms with Crippen molar-refractivity contribution in [3.05, 3.63) is 59.7 Å². The number of rotatable bonds is 8. The molecule has 2 atom stereocenters. The number of hydrogen-bond acceptors (Lipinski definition) is 4. The van der Waals surface area contributed by atoms with Crippen molar-refractivity contribution in [1.29, 1.82) is 0 Å². The van der Waals surface area contributed by atoms with Gasteiger partial charge in [-0.15, -0.1) is 0 Å². The summed E-state index contributed by atoms with van der Waals surface area (Å²) in [5, 5.41) is 12.5. The zero-order chi connectivity index (χ0) is 25.0. The van der Waals surface area contributed by atoms with Crippen molar-refractivity contribution >= 4 is 18.0 Å². The second kappa shape index (κ2) is 10.5. The number of amides is 2. The number of benzene rings is 2. The number of carboxylic acid groups (broad SMARTS) is 1. The third kappa shape index (κ3) is 5.04. The standard InChI is InChI=1S/C28H34N2O5/c1-3-13-28(26(32)33)14-8-15-30(18-28)25(31)19(2)16-29-27(34)35-17-24-22-11-6-4-9-20(22)21-10-5-7-12-23(21)24/h4-7,9-12,19,24H,3,8,13-18H2,1-2H3,(H,29,34)(H,32,33). The van der Waals surface area contributed by atoms with Gasteiger partial charge in [0.1, 0.15) is 6.61 Å². The highest BCUT2D eigenvalue weighted by atomic mass is 16.5. The van der Waals surface area contributed by atoms with Crippen LogP contribution in [0.25, 0.3) is 11.1 Å². The summed E-state index contributed by atoms with van der Waals surface area (Å²) < 4.78 is 5.56. The molecule has 186 valence electrons. The molecule has 0 spiro atoms. The number of alkyl carbamates (subject to hydrolysis) is 1. The van der Waals surface area contributed by atoms with E-state index in [2.05, 4.69) is 29.6 Å². The monoisotopic (exact) mass is 478 g/mol. The van der Waals surface area contributed by atoms with E-state index < -0.39 is 23.4 Å². The van der Waals surface area contributed by atoms with E-state index in [-0.39, 0.29) is 31.5 Å². The van der Waals surface area contributed by atoms with Crippen LogP contribution in [-0.4, -0.2) is 54.2 Å². The molecule has 1 aliphatic heterocycles. The third-order valence-corrected chi connectivity index (χ3v) is 7.39. The molecule has 1 heterocycles. The molecule has 35 heavy (non-hydrogen) atoms. The first-order valence-corrected chi connectivity index (χ1v) is 12.5. The lowest BCUT2D eigenvalue weighted by molar-refractivity contribution is -0.156. The van der Waals surface area contributed by atoms with Gasteiger partial charge in [-0.3, -0.25) is 9.59 Å². The molecule has 1 saturated heterocycles. The summed E-state index contributed by atoms with van der Waals surface area (Å²) in [5.41, 5.74) is 3.74. The SMILES string of the molecule is CCCC1(C(=O)O)CCCN(C(=O)C(C)CNC(=O)OCC2c3ccccc3-c3ccccc32)C1. The molecule has 0 radical (unpaired) electrons. The molecule has 0 bridgehead atoms. The Kier molecular flexibility index (Phi) is 7.43. The van der Waals surface area contributed by atoms with Crippen LogP contribution in [0.5, 0.6) is 0 Å². The summed E-state index contributed by atoms with van der Waals surface area (Å²) in [6, 6.07) is 16.3. The van der Waals surface area contributed by atoms with Crippen LogP contribution in [0.15, 0.2) is 48.5 Å². The maximum Gasteiger partial charge on any atom is 0.407 e.